The maximum atomic E-state index is 2.39. The molecule has 0 radical (unpaired) electrons. The molecule has 1 heteroatoms. The molecule has 0 fully saturated rings. The van der Waals surface area contributed by atoms with Crippen molar-refractivity contribution in [2.45, 2.75) is 33.2 Å². The van der Waals surface area contributed by atoms with E-state index in [1.807, 2.05) is 0 Å². The van der Waals surface area contributed by atoms with Crippen molar-refractivity contribution in [3.8, 4) is 0 Å². The minimum Gasteiger partial charge on any atom is -0.294 e. The maximum Gasteiger partial charge on any atom is 0.0367 e. The number of hydrogen-bond donors (Lipinski definition) is 0. The Labute approximate surface area is 70.1 Å². The van der Waals surface area contributed by atoms with Crippen molar-refractivity contribution in [3.05, 3.63) is 11.6 Å². The van der Waals surface area contributed by atoms with Crippen molar-refractivity contribution < 1.29 is 0 Å². The van der Waals surface area contributed by atoms with E-state index >= 15 is 0 Å². The Balaban J connectivity index is 2.83. The molecule has 1 aliphatic heterocycles. The van der Waals surface area contributed by atoms with Gasteiger partial charge in [0.05, 0.1) is 0 Å². The van der Waals surface area contributed by atoms with E-state index in [0.717, 1.165) is 6.54 Å². The van der Waals surface area contributed by atoms with Crippen molar-refractivity contribution in [2.24, 2.45) is 5.92 Å². The molecule has 0 amide bonds. The minimum absolute atomic E-state index is 0.286. The van der Waals surface area contributed by atoms with Gasteiger partial charge in [0.15, 0.2) is 0 Å². The summed E-state index contributed by atoms with van der Waals surface area (Å²) in [5.74, 6) is 0.690. The van der Waals surface area contributed by atoms with E-state index in [0.29, 0.717) is 5.92 Å². The Morgan fingerprint density at radius 3 is 2.18 bits per heavy atom. The fourth-order valence-corrected chi connectivity index (χ4v) is 1.88. The number of hydrogen-bond acceptors (Lipinski definition) is 1. The molecule has 0 N–H and O–H groups in total. The quantitative estimate of drug-likeness (QED) is 0.522. The molecule has 0 aliphatic carbocycles. The molecule has 0 unspecified atom stereocenters. The first-order valence-electron chi connectivity index (χ1n) is 4.38. The lowest BCUT2D eigenvalue weighted by Gasteiger charge is -2.33. The first-order chi connectivity index (χ1) is 4.96. The molecule has 0 aromatic heterocycles. The van der Waals surface area contributed by atoms with Gasteiger partial charge in [0.2, 0.25) is 0 Å². The van der Waals surface area contributed by atoms with E-state index in [-0.39, 0.29) is 5.54 Å². The molecular weight excluding hydrogens is 134 g/mol. The summed E-state index contributed by atoms with van der Waals surface area (Å²) in [4.78, 5) is 2.39. The SMILES string of the molecule is CC(C)C1=CCN(C)C1(C)C. The van der Waals surface area contributed by atoms with Gasteiger partial charge in [-0.2, -0.15) is 0 Å². The number of likely N-dealkylation sites (N-methyl/N-ethyl adjacent to an activating group) is 1. The van der Waals surface area contributed by atoms with Crippen LogP contribution in [0.15, 0.2) is 11.6 Å². The highest BCUT2D eigenvalue weighted by Gasteiger charge is 2.33. The van der Waals surface area contributed by atoms with Gasteiger partial charge in [-0.3, -0.25) is 4.90 Å². The molecule has 1 aliphatic rings. The molecule has 11 heavy (non-hydrogen) atoms. The third kappa shape index (κ3) is 1.34. The van der Waals surface area contributed by atoms with Crippen LogP contribution in [0.2, 0.25) is 0 Å². The van der Waals surface area contributed by atoms with Gasteiger partial charge in [0, 0.05) is 12.1 Å². The summed E-state index contributed by atoms with van der Waals surface area (Å²) >= 11 is 0. The van der Waals surface area contributed by atoms with Crippen molar-refractivity contribution in [1.29, 1.82) is 0 Å². The molecule has 64 valence electrons. The van der Waals surface area contributed by atoms with Gasteiger partial charge in [-0.15, -0.1) is 0 Å². The number of rotatable bonds is 1. The third-order valence-corrected chi connectivity index (χ3v) is 2.87. The Kier molecular flexibility index (Phi) is 2.10. The average Bonchev–Trinajstić information content (AvgIpc) is 2.08. The summed E-state index contributed by atoms with van der Waals surface area (Å²) in [5.41, 5.74) is 1.87. The number of nitrogens with zero attached hydrogens (tertiary/aromatic N) is 1. The van der Waals surface area contributed by atoms with Gasteiger partial charge in [0.1, 0.15) is 0 Å². The van der Waals surface area contributed by atoms with Crippen LogP contribution in [-0.4, -0.2) is 24.0 Å². The lowest BCUT2D eigenvalue weighted by atomic mass is 9.87. The fraction of sp³-hybridized carbons (Fsp3) is 0.800. The van der Waals surface area contributed by atoms with Crippen LogP contribution in [0.1, 0.15) is 27.7 Å². The second-order valence-corrected chi connectivity index (χ2v) is 4.25. The summed E-state index contributed by atoms with van der Waals surface area (Å²) in [6.07, 6.45) is 2.37. The van der Waals surface area contributed by atoms with Crippen molar-refractivity contribution in [3.63, 3.8) is 0 Å². The fourth-order valence-electron chi connectivity index (χ4n) is 1.88. The standard InChI is InChI=1S/C10H19N/c1-8(2)9-6-7-11(5)10(9,3)4/h6,8H,7H2,1-5H3. The smallest absolute Gasteiger partial charge is 0.0367 e. The molecule has 0 saturated carbocycles. The van der Waals surface area contributed by atoms with Crippen molar-refractivity contribution in [1.82, 2.24) is 4.90 Å². The van der Waals surface area contributed by atoms with Crippen LogP contribution in [0.25, 0.3) is 0 Å². The van der Waals surface area contributed by atoms with Gasteiger partial charge >= 0.3 is 0 Å². The molecule has 1 heterocycles. The lowest BCUT2D eigenvalue weighted by molar-refractivity contribution is 0.227. The van der Waals surface area contributed by atoms with Gasteiger partial charge in [-0.25, -0.2) is 0 Å². The Hall–Kier alpha value is -0.300. The Bertz CT molecular complexity index is 177. The van der Waals surface area contributed by atoms with Crippen molar-refractivity contribution in [2.75, 3.05) is 13.6 Å². The van der Waals surface area contributed by atoms with Crippen LogP contribution in [-0.2, 0) is 0 Å². The highest BCUT2D eigenvalue weighted by atomic mass is 15.2. The molecule has 0 aromatic carbocycles. The van der Waals surface area contributed by atoms with Gasteiger partial charge < -0.3 is 0 Å². The van der Waals surface area contributed by atoms with E-state index in [9.17, 15) is 0 Å². The largest absolute Gasteiger partial charge is 0.294 e. The van der Waals surface area contributed by atoms with Crippen LogP contribution in [0, 0.1) is 5.92 Å². The van der Waals surface area contributed by atoms with Gasteiger partial charge in [-0.1, -0.05) is 25.5 Å². The van der Waals surface area contributed by atoms with E-state index in [1.54, 1.807) is 5.57 Å². The average molecular weight is 153 g/mol. The van der Waals surface area contributed by atoms with Crippen LogP contribution >= 0.6 is 0 Å². The molecule has 1 nitrogen and oxygen atoms in total. The predicted octanol–water partition coefficient (Wildman–Crippen LogP) is 2.29. The topological polar surface area (TPSA) is 3.24 Å². The molecule has 0 spiro atoms. The molecular formula is C10H19N. The van der Waals surface area contributed by atoms with E-state index in [4.69, 9.17) is 0 Å². The van der Waals surface area contributed by atoms with Crippen LogP contribution in [0.3, 0.4) is 0 Å². The summed E-state index contributed by atoms with van der Waals surface area (Å²) in [6, 6.07) is 0. The minimum atomic E-state index is 0.286. The molecule has 0 bridgehead atoms. The zero-order valence-electron chi connectivity index (χ0n) is 8.31. The molecule has 0 atom stereocenters. The zero-order chi connectivity index (χ0) is 8.65. The van der Waals surface area contributed by atoms with Crippen LogP contribution in [0.4, 0.5) is 0 Å². The van der Waals surface area contributed by atoms with Crippen LogP contribution in [0.5, 0.6) is 0 Å². The van der Waals surface area contributed by atoms with E-state index in [1.165, 1.54) is 0 Å². The monoisotopic (exact) mass is 153 g/mol. The summed E-state index contributed by atoms with van der Waals surface area (Å²) < 4.78 is 0. The third-order valence-electron chi connectivity index (χ3n) is 2.87. The predicted molar refractivity (Wildman–Crippen MR) is 49.6 cm³/mol. The van der Waals surface area contributed by atoms with Crippen molar-refractivity contribution >= 4 is 0 Å². The molecule has 1 rings (SSSR count). The molecule has 0 aromatic rings. The summed E-state index contributed by atoms with van der Waals surface area (Å²) in [5, 5.41) is 0. The Morgan fingerprint density at radius 2 is 2.00 bits per heavy atom. The van der Waals surface area contributed by atoms with Crippen LogP contribution < -0.4 is 0 Å². The highest BCUT2D eigenvalue weighted by Crippen LogP contribution is 2.32. The summed E-state index contributed by atoms with van der Waals surface area (Å²) in [7, 11) is 2.19. The zero-order valence-corrected chi connectivity index (χ0v) is 8.31. The van der Waals surface area contributed by atoms with E-state index < -0.39 is 0 Å². The Morgan fingerprint density at radius 1 is 1.45 bits per heavy atom. The maximum absolute atomic E-state index is 2.39. The first-order valence-corrected chi connectivity index (χ1v) is 4.38. The summed E-state index contributed by atoms with van der Waals surface area (Å²) in [6.45, 7) is 10.2. The second-order valence-electron chi connectivity index (χ2n) is 4.25. The first kappa shape index (κ1) is 8.79. The van der Waals surface area contributed by atoms with Gasteiger partial charge in [-0.05, 0) is 26.8 Å². The molecule has 0 saturated heterocycles. The lowest BCUT2D eigenvalue weighted by Crippen LogP contribution is -2.39. The van der Waals surface area contributed by atoms with E-state index in [2.05, 4.69) is 45.7 Å². The van der Waals surface area contributed by atoms with Gasteiger partial charge in [0.25, 0.3) is 0 Å². The normalized spacial score (nSPS) is 24.4. The highest BCUT2D eigenvalue weighted by molar-refractivity contribution is 5.25. The second kappa shape index (κ2) is 2.63.